The number of aliphatic hydroxyl groups excluding tert-OH is 1. The Morgan fingerprint density at radius 2 is 2.14 bits per heavy atom. The van der Waals surface area contributed by atoms with Crippen molar-refractivity contribution in [3.05, 3.63) is 34.3 Å². The normalized spacial score (nSPS) is 19.1. The van der Waals surface area contributed by atoms with E-state index in [2.05, 4.69) is 0 Å². The van der Waals surface area contributed by atoms with Crippen LogP contribution >= 0.6 is 11.6 Å². The van der Waals surface area contributed by atoms with Gasteiger partial charge in [-0.3, -0.25) is 0 Å². The first-order valence-corrected chi connectivity index (χ1v) is 5.50. The highest BCUT2D eigenvalue weighted by Gasteiger charge is 2.27. The topological polar surface area (TPSA) is 20.2 Å². The van der Waals surface area contributed by atoms with Gasteiger partial charge >= 0.3 is 0 Å². The van der Waals surface area contributed by atoms with E-state index in [1.165, 1.54) is 6.42 Å². The maximum atomic E-state index is 10.0. The van der Waals surface area contributed by atoms with Gasteiger partial charge in [-0.2, -0.15) is 0 Å². The minimum absolute atomic E-state index is 0.364. The maximum absolute atomic E-state index is 10.0. The average molecular weight is 211 g/mol. The van der Waals surface area contributed by atoms with E-state index in [9.17, 15) is 5.11 Å². The summed E-state index contributed by atoms with van der Waals surface area (Å²) >= 11 is 6.09. The number of rotatable bonds is 2. The Kier molecular flexibility index (Phi) is 2.80. The molecule has 1 aromatic rings. The van der Waals surface area contributed by atoms with E-state index >= 15 is 0 Å². The maximum Gasteiger partial charge on any atom is 0.0832 e. The summed E-state index contributed by atoms with van der Waals surface area (Å²) in [6, 6.07) is 5.86. The van der Waals surface area contributed by atoms with Crippen LogP contribution in [-0.2, 0) is 0 Å². The summed E-state index contributed by atoms with van der Waals surface area (Å²) in [6.07, 6.45) is 3.14. The Bertz CT molecular complexity index is 331. The van der Waals surface area contributed by atoms with E-state index in [1.54, 1.807) is 0 Å². The second kappa shape index (κ2) is 3.92. The molecule has 76 valence electrons. The van der Waals surface area contributed by atoms with Crippen LogP contribution < -0.4 is 0 Å². The Morgan fingerprint density at radius 1 is 1.43 bits per heavy atom. The van der Waals surface area contributed by atoms with Crippen molar-refractivity contribution < 1.29 is 5.11 Å². The SMILES string of the molecule is Cc1ccc(C(O)C2CCC2)c(Cl)c1. The zero-order chi connectivity index (χ0) is 10.1. The highest BCUT2D eigenvalue weighted by Crippen LogP contribution is 2.39. The van der Waals surface area contributed by atoms with Gasteiger partial charge in [0, 0.05) is 5.02 Å². The van der Waals surface area contributed by atoms with Crippen molar-refractivity contribution in [1.82, 2.24) is 0 Å². The third kappa shape index (κ3) is 1.79. The molecule has 1 N–H and O–H groups in total. The molecule has 0 bridgehead atoms. The third-order valence-corrected chi connectivity index (χ3v) is 3.40. The van der Waals surface area contributed by atoms with E-state index in [4.69, 9.17) is 11.6 Å². The molecule has 1 aliphatic carbocycles. The molecule has 1 saturated carbocycles. The van der Waals surface area contributed by atoms with Gasteiger partial charge in [-0.05, 0) is 42.9 Å². The van der Waals surface area contributed by atoms with Gasteiger partial charge < -0.3 is 5.11 Å². The number of aliphatic hydroxyl groups is 1. The van der Waals surface area contributed by atoms with Crippen LogP contribution in [-0.4, -0.2) is 5.11 Å². The summed E-state index contributed by atoms with van der Waals surface area (Å²) in [4.78, 5) is 0. The Morgan fingerprint density at radius 3 is 2.64 bits per heavy atom. The zero-order valence-electron chi connectivity index (χ0n) is 8.33. The third-order valence-electron chi connectivity index (χ3n) is 3.07. The van der Waals surface area contributed by atoms with Crippen LogP contribution in [0.5, 0.6) is 0 Å². The molecule has 1 aliphatic rings. The van der Waals surface area contributed by atoms with Crippen molar-refractivity contribution in [3.8, 4) is 0 Å². The number of benzene rings is 1. The lowest BCUT2D eigenvalue weighted by atomic mass is 9.79. The molecule has 0 spiro atoms. The smallest absolute Gasteiger partial charge is 0.0832 e. The lowest BCUT2D eigenvalue weighted by molar-refractivity contribution is 0.0622. The molecule has 0 saturated heterocycles. The fourth-order valence-corrected chi connectivity index (χ4v) is 2.23. The van der Waals surface area contributed by atoms with Crippen LogP contribution in [0.4, 0.5) is 0 Å². The lowest BCUT2D eigenvalue weighted by Crippen LogP contribution is -2.20. The van der Waals surface area contributed by atoms with E-state index in [1.807, 2.05) is 25.1 Å². The molecule has 14 heavy (non-hydrogen) atoms. The first-order chi connectivity index (χ1) is 6.68. The van der Waals surface area contributed by atoms with Gasteiger partial charge in [0.25, 0.3) is 0 Å². The average Bonchev–Trinajstić information content (AvgIpc) is 2.00. The second-order valence-electron chi connectivity index (χ2n) is 4.16. The summed E-state index contributed by atoms with van der Waals surface area (Å²) in [6.45, 7) is 2.01. The van der Waals surface area contributed by atoms with E-state index in [-0.39, 0.29) is 6.10 Å². The monoisotopic (exact) mass is 210 g/mol. The predicted octanol–water partition coefficient (Wildman–Crippen LogP) is 3.48. The van der Waals surface area contributed by atoms with Crippen LogP contribution in [0, 0.1) is 12.8 Å². The lowest BCUT2D eigenvalue weighted by Gasteiger charge is -2.31. The molecule has 2 rings (SSSR count). The molecule has 0 aromatic heterocycles. The Balaban J connectivity index is 2.22. The summed E-state index contributed by atoms with van der Waals surface area (Å²) < 4.78 is 0. The number of hydrogen-bond acceptors (Lipinski definition) is 1. The zero-order valence-corrected chi connectivity index (χ0v) is 9.09. The fourth-order valence-electron chi connectivity index (χ4n) is 1.88. The Labute approximate surface area is 89.7 Å². The molecule has 0 heterocycles. The van der Waals surface area contributed by atoms with Crippen molar-refractivity contribution in [2.24, 2.45) is 5.92 Å². The summed E-state index contributed by atoms with van der Waals surface area (Å²) in [5.74, 6) is 0.426. The van der Waals surface area contributed by atoms with Crippen molar-refractivity contribution in [2.75, 3.05) is 0 Å². The van der Waals surface area contributed by atoms with Crippen LogP contribution in [0.15, 0.2) is 18.2 Å². The molecule has 1 aromatic carbocycles. The molecule has 0 radical (unpaired) electrons. The summed E-state index contributed by atoms with van der Waals surface area (Å²) in [5.41, 5.74) is 2.03. The largest absolute Gasteiger partial charge is 0.388 e. The van der Waals surface area contributed by atoms with Gasteiger partial charge in [-0.15, -0.1) is 0 Å². The number of hydrogen-bond donors (Lipinski definition) is 1. The van der Waals surface area contributed by atoms with Crippen molar-refractivity contribution in [3.63, 3.8) is 0 Å². The molecule has 1 nitrogen and oxygen atoms in total. The molecular formula is C12H15ClO. The van der Waals surface area contributed by atoms with Crippen LogP contribution in [0.25, 0.3) is 0 Å². The first kappa shape index (κ1) is 10.0. The molecule has 1 fully saturated rings. The Hall–Kier alpha value is -0.530. The van der Waals surface area contributed by atoms with Crippen LogP contribution in [0.1, 0.15) is 36.5 Å². The fraction of sp³-hybridized carbons (Fsp3) is 0.500. The van der Waals surface area contributed by atoms with Crippen molar-refractivity contribution >= 4 is 11.6 Å². The van der Waals surface area contributed by atoms with Crippen LogP contribution in [0.2, 0.25) is 5.02 Å². The van der Waals surface area contributed by atoms with Gasteiger partial charge in [0.15, 0.2) is 0 Å². The van der Waals surface area contributed by atoms with Gasteiger partial charge in [-0.1, -0.05) is 30.2 Å². The second-order valence-corrected chi connectivity index (χ2v) is 4.57. The predicted molar refractivity (Wildman–Crippen MR) is 58.5 cm³/mol. The number of halogens is 1. The number of aryl methyl sites for hydroxylation is 1. The van der Waals surface area contributed by atoms with Gasteiger partial charge in [-0.25, -0.2) is 0 Å². The molecule has 0 aliphatic heterocycles. The first-order valence-electron chi connectivity index (χ1n) is 5.12. The van der Waals surface area contributed by atoms with E-state index in [0.717, 1.165) is 24.0 Å². The highest BCUT2D eigenvalue weighted by molar-refractivity contribution is 6.31. The van der Waals surface area contributed by atoms with E-state index < -0.39 is 0 Å². The molecule has 0 amide bonds. The van der Waals surface area contributed by atoms with Gasteiger partial charge in [0.2, 0.25) is 0 Å². The molecule has 1 atom stereocenters. The van der Waals surface area contributed by atoms with E-state index in [0.29, 0.717) is 10.9 Å². The minimum Gasteiger partial charge on any atom is -0.388 e. The van der Waals surface area contributed by atoms with Crippen molar-refractivity contribution in [1.29, 1.82) is 0 Å². The molecule has 2 heteroatoms. The summed E-state index contributed by atoms with van der Waals surface area (Å²) in [7, 11) is 0. The minimum atomic E-state index is -0.364. The molecular weight excluding hydrogens is 196 g/mol. The van der Waals surface area contributed by atoms with Crippen LogP contribution in [0.3, 0.4) is 0 Å². The van der Waals surface area contributed by atoms with Gasteiger partial charge in [0.1, 0.15) is 0 Å². The highest BCUT2D eigenvalue weighted by atomic mass is 35.5. The van der Waals surface area contributed by atoms with Crippen molar-refractivity contribution in [2.45, 2.75) is 32.3 Å². The summed E-state index contributed by atoms with van der Waals surface area (Å²) in [5, 5.41) is 10.7. The standard InChI is InChI=1S/C12H15ClO/c1-8-5-6-10(11(13)7-8)12(14)9-3-2-4-9/h5-7,9,12,14H,2-4H2,1H3. The quantitative estimate of drug-likeness (QED) is 0.793. The molecule has 1 unspecified atom stereocenters. The van der Waals surface area contributed by atoms with Gasteiger partial charge in [0.05, 0.1) is 6.10 Å².